The van der Waals surface area contributed by atoms with Gasteiger partial charge in [-0.25, -0.2) is 4.39 Å². The summed E-state index contributed by atoms with van der Waals surface area (Å²) in [6.45, 7) is 7.86. The van der Waals surface area contributed by atoms with Gasteiger partial charge in [-0.1, -0.05) is 12.1 Å². The number of benzene rings is 1. The minimum atomic E-state index is -0.225. The number of nitrogens with one attached hydrogen (secondary N) is 1. The first kappa shape index (κ1) is 15.6. The summed E-state index contributed by atoms with van der Waals surface area (Å²) in [6, 6.07) is 5.32. The van der Waals surface area contributed by atoms with Crippen LogP contribution in [0.25, 0.3) is 0 Å². The normalized spacial score (nSPS) is 17.9. The van der Waals surface area contributed by atoms with Crippen molar-refractivity contribution in [1.82, 2.24) is 10.2 Å². The Morgan fingerprint density at radius 3 is 2.61 bits per heavy atom. The zero-order valence-electron chi connectivity index (χ0n) is 10.0. The highest BCUT2D eigenvalue weighted by molar-refractivity contribution is 9.10. The van der Waals surface area contributed by atoms with Crippen LogP contribution in [-0.2, 0) is 0 Å². The molecule has 1 heterocycles. The lowest BCUT2D eigenvalue weighted by Crippen LogP contribution is -2.44. The van der Waals surface area contributed by atoms with Gasteiger partial charge in [-0.05, 0) is 33.6 Å². The quantitative estimate of drug-likeness (QED) is 0.854. The molecule has 0 aliphatic carbocycles. The Bertz CT molecular complexity index is 408. The van der Waals surface area contributed by atoms with E-state index in [1.165, 1.54) is 6.07 Å². The topological polar surface area (TPSA) is 15.3 Å². The van der Waals surface area contributed by atoms with Crippen LogP contribution >= 0.6 is 28.3 Å². The molecule has 2 rings (SSSR count). The van der Waals surface area contributed by atoms with Crippen molar-refractivity contribution in [2.45, 2.75) is 6.04 Å². The molecule has 1 aromatic carbocycles. The molecule has 0 aromatic heterocycles. The summed E-state index contributed by atoms with van der Waals surface area (Å²) in [5.41, 5.74) is 1.08. The predicted octanol–water partition coefficient (Wildman–Crippen LogP) is 3.14. The van der Waals surface area contributed by atoms with Crippen LogP contribution in [0.2, 0.25) is 0 Å². The van der Waals surface area contributed by atoms with Gasteiger partial charge < -0.3 is 5.32 Å². The molecule has 1 aromatic rings. The van der Waals surface area contributed by atoms with Gasteiger partial charge in [0.2, 0.25) is 0 Å². The Hall–Kier alpha value is -0.420. The van der Waals surface area contributed by atoms with E-state index in [-0.39, 0.29) is 24.3 Å². The van der Waals surface area contributed by atoms with E-state index >= 15 is 0 Å². The van der Waals surface area contributed by atoms with E-state index in [0.717, 1.165) is 31.7 Å². The third kappa shape index (κ3) is 3.54. The highest BCUT2D eigenvalue weighted by Gasteiger charge is 2.19. The fourth-order valence-electron chi connectivity index (χ4n) is 2.15. The van der Waals surface area contributed by atoms with Crippen molar-refractivity contribution in [3.05, 3.63) is 46.7 Å². The molecule has 1 N–H and O–H groups in total. The summed E-state index contributed by atoms with van der Waals surface area (Å²) >= 11 is 3.23. The molecule has 18 heavy (non-hydrogen) atoms. The molecule has 1 aliphatic rings. The number of hydrogen-bond acceptors (Lipinski definition) is 2. The highest BCUT2D eigenvalue weighted by Crippen LogP contribution is 2.26. The van der Waals surface area contributed by atoms with Crippen LogP contribution in [0.15, 0.2) is 35.3 Å². The van der Waals surface area contributed by atoms with E-state index < -0.39 is 0 Å². The van der Waals surface area contributed by atoms with Gasteiger partial charge in [-0.15, -0.1) is 19.0 Å². The van der Waals surface area contributed by atoms with Gasteiger partial charge in [0.25, 0.3) is 0 Å². The number of hydrogen-bond donors (Lipinski definition) is 1. The smallest absolute Gasteiger partial charge is 0.137 e. The molecular weight excluding hydrogens is 319 g/mol. The van der Waals surface area contributed by atoms with Gasteiger partial charge in [0.05, 0.1) is 10.5 Å². The molecule has 0 bridgehead atoms. The second kappa shape index (κ2) is 7.24. The molecule has 100 valence electrons. The number of piperazine rings is 1. The van der Waals surface area contributed by atoms with E-state index in [4.69, 9.17) is 0 Å². The Morgan fingerprint density at radius 2 is 2.06 bits per heavy atom. The number of halogens is 3. The fourth-order valence-corrected chi connectivity index (χ4v) is 2.55. The lowest BCUT2D eigenvalue weighted by molar-refractivity contribution is 0.203. The van der Waals surface area contributed by atoms with Crippen LogP contribution in [-0.4, -0.2) is 31.1 Å². The van der Waals surface area contributed by atoms with E-state index in [1.807, 2.05) is 18.2 Å². The van der Waals surface area contributed by atoms with Crippen LogP contribution in [0, 0.1) is 5.82 Å². The van der Waals surface area contributed by atoms with Gasteiger partial charge in [0.15, 0.2) is 0 Å². The summed E-state index contributed by atoms with van der Waals surface area (Å²) in [5.74, 6) is -0.225. The monoisotopic (exact) mass is 334 g/mol. The van der Waals surface area contributed by atoms with E-state index in [0.29, 0.717) is 4.47 Å². The fraction of sp³-hybridized carbons (Fsp3) is 0.385. The maximum Gasteiger partial charge on any atom is 0.137 e. The maximum absolute atomic E-state index is 13.2. The molecule has 0 amide bonds. The van der Waals surface area contributed by atoms with E-state index in [9.17, 15) is 4.39 Å². The lowest BCUT2D eigenvalue weighted by atomic mass is 10.0. The van der Waals surface area contributed by atoms with Crippen LogP contribution in [0.3, 0.4) is 0 Å². The third-order valence-electron chi connectivity index (χ3n) is 3.05. The molecule has 1 saturated heterocycles. The van der Waals surface area contributed by atoms with Crippen molar-refractivity contribution in [2.24, 2.45) is 0 Å². The van der Waals surface area contributed by atoms with Gasteiger partial charge in [-0.2, -0.15) is 0 Å². The Morgan fingerprint density at radius 1 is 1.39 bits per heavy atom. The SMILES string of the molecule is C=C[C@H](c1ccc(F)c(Br)c1)N1CCNCC1.Cl. The summed E-state index contributed by atoms with van der Waals surface area (Å²) in [7, 11) is 0. The molecular formula is C13H17BrClFN2. The molecule has 1 atom stereocenters. The second-order valence-electron chi connectivity index (χ2n) is 4.14. The molecule has 5 heteroatoms. The van der Waals surface area contributed by atoms with Crippen molar-refractivity contribution < 1.29 is 4.39 Å². The molecule has 0 unspecified atom stereocenters. The molecule has 0 radical (unpaired) electrons. The average molecular weight is 336 g/mol. The molecule has 2 nitrogen and oxygen atoms in total. The largest absolute Gasteiger partial charge is 0.314 e. The number of nitrogens with zero attached hydrogens (tertiary/aromatic N) is 1. The predicted molar refractivity (Wildman–Crippen MR) is 78.7 cm³/mol. The van der Waals surface area contributed by atoms with Crippen molar-refractivity contribution in [3.8, 4) is 0 Å². The molecule has 0 saturated carbocycles. The van der Waals surface area contributed by atoms with Crippen LogP contribution in [0.5, 0.6) is 0 Å². The zero-order chi connectivity index (χ0) is 12.3. The van der Waals surface area contributed by atoms with Crippen molar-refractivity contribution in [2.75, 3.05) is 26.2 Å². The summed E-state index contributed by atoms with van der Waals surface area (Å²) in [6.07, 6.45) is 1.92. The number of rotatable bonds is 3. The van der Waals surface area contributed by atoms with Crippen molar-refractivity contribution in [3.63, 3.8) is 0 Å². The lowest BCUT2D eigenvalue weighted by Gasteiger charge is -2.33. The van der Waals surface area contributed by atoms with Crippen molar-refractivity contribution in [1.29, 1.82) is 0 Å². The Balaban J connectivity index is 0.00000162. The average Bonchev–Trinajstić information content (AvgIpc) is 2.36. The summed E-state index contributed by atoms with van der Waals surface area (Å²) < 4.78 is 13.7. The maximum atomic E-state index is 13.2. The Kier molecular flexibility index (Phi) is 6.29. The first-order chi connectivity index (χ1) is 8.22. The van der Waals surface area contributed by atoms with E-state index in [1.54, 1.807) is 0 Å². The van der Waals surface area contributed by atoms with Gasteiger partial charge in [-0.3, -0.25) is 4.90 Å². The zero-order valence-corrected chi connectivity index (χ0v) is 12.4. The van der Waals surface area contributed by atoms with Crippen LogP contribution in [0.4, 0.5) is 4.39 Å². The van der Waals surface area contributed by atoms with E-state index in [2.05, 4.69) is 32.7 Å². The molecule has 1 aliphatic heterocycles. The second-order valence-corrected chi connectivity index (χ2v) is 4.99. The van der Waals surface area contributed by atoms with Gasteiger partial charge >= 0.3 is 0 Å². The first-order valence-electron chi connectivity index (χ1n) is 5.74. The molecule has 1 fully saturated rings. The van der Waals surface area contributed by atoms with Crippen molar-refractivity contribution >= 4 is 28.3 Å². The molecule has 0 spiro atoms. The van der Waals surface area contributed by atoms with Gasteiger partial charge in [0, 0.05) is 26.2 Å². The van der Waals surface area contributed by atoms with Gasteiger partial charge in [0.1, 0.15) is 5.82 Å². The Labute approximate surface area is 122 Å². The first-order valence-corrected chi connectivity index (χ1v) is 6.54. The highest BCUT2D eigenvalue weighted by atomic mass is 79.9. The van der Waals surface area contributed by atoms with Crippen LogP contribution < -0.4 is 5.32 Å². The third-order valence-corrected chi connectivity index (χ3v) is 3.66. The summed E-state index contributed by atoms with van der Waals surface area (Å²) in [4.78, 5) is 2.35. The summed E-state index contributed by atoms with van der Waals surface area (Å²) in [5, 5.41) is 3.32. The van der Waals surface area contributed by atoms with Crippen LogP contribution in [0.1, 0.15) is 11.6 Å². The standard InChI is InChI=1S/C13H16BrFN2.ClH/c1-2-13(17-7-5-16-6-8-17)10-3-4-12(15)11(14)9-10;/h2-4,9,13,16H,1,5-8H2;1H/t13-;/m1./s1. The minimum absolute atomic E-state index is 0. The minimum Gasteiger partial charge on any atom is -0.314 e.